The first kappa shape index (κ1) is 28.4. The molecular weight excluding hydrogens is 541 g/mol. The van der Waals surface area contributed by atoms with Crippen LogP contribution >= 0.6 is 0 Å². The van der Waals surface area contributed by atoms with Crippen LogP contribution in [0.15, 0.2) is 48.7 Å². The molecule has 1 aliphatic heterocycles. The Kier molecular flexibility index (Phi) is 7.39. The minimum Gasteiger partial charge on any atom is -0.506 e. The average Bonchev–Trinajstić information content (AvgIpc) is 2.83. The van der Waals surface area contributed by atoms with E-state index in [9.17, 15) is 44.6 Å². The molecule has 0 unspecified atom stereocenters. The van der Waals surface area contributed by atoms with Crippen molar-refractivity contribution in [2.45, 2.75) is 56.8 Å². The standard InChI is InChI=1S/C26H22F9N3O/c1-2-18-11-22(20-10-15(24(27,28)29)3-4-21(20)37-18)38-23-14(8-19(39)12-36-23)5-13-6-16(25(30,31)32)9-17(7-13)26(33,34)35/h3-4,6-10,12,18,22,37,39H,2,5,11H2,1H3,(H,36,38)/t18-,22+/m1/s1. The Morgan fingerprint density at radius 1 is 0.872 bits per heavy atom. The third kappa shape index (κ3) is 6.51. The maximum absolute atomic E-state index is 13.4. The molecule has 0 amide bonds. The van der Waals surface area contributed by atoms with Crippen molar-refractivity contribution in [2.75, 3.05) is 10.6 Å². The van der Waals surface area contributed by atoms with Crippen molar-refractivity contribution in [3.05, 3.63) is 82.0 Å². The zero-order valence-electron chi connectivity index (χ0n) is 20.2. The fourth-order valence-corrected chi connectivity index (χ4v) is 4.52. The molecule has 0 spiro atoms. The van der Waals surface area contributed by atoms with Gasteiger partial charge >= 0.3 is 18.5 Å². The number of nitrogens with zero attached hydrogens (tertiary/aromatic N) is 1. The number of rotatable bonds is 5. The second-order valence-corrected chi connectivity index (χ2v) is 9.27. The van der Waals surface area contributed by atoms with E-state index in [2.05, 4.69) is 15.6 Å². The Morgan fingerprint density at radius 2 is 1.49 bits per heavy atom. The van der Waals surface area contributed by atoms with Gasteiger partial charge in [0.15, 0.2) is 0 Å². The van der Waals surface area contributed by atoms with Crippen LogP contribution in [0.2, 0.25) is 0 Å². The molecule has 2 aromatic carbocycles. The number of benzene rings is 2. The predicted molar refractivity (Wildman–Crippen MR) is 125 cm³/mol. The van der Waals surface area contributed by atoms with Gasteiger partial charge in [-0.2, -0.15) is 39.5 Å². The maximum Gasteiger partial charge on any atom is 0.416 e. The summed E-state index contributed by atoms with van der Waals surface area (Å²) < 4.78 is 120. The lowest BCUT2D eigenvalue weighted by atomic mass is 9.90. The Labute approximate surface area is 216 Å². The Balaban J connectivity index is 1.74. The highest BCUT2D eigenvalue weighted by Gasteiger charge is 2.37. The van der Waals surface area contributed by atoms with Gasteiger partial charge in [0, 0.05) is 23.7 Å². The number of hydrogen-bond acceptors (Lipinski definition) is 4. The number of anilines is 2. The zero-order valence-corrected chi connectivity index (χ0v) is 20.2. The molecule has 0 bridgehead atoms. The lowest BCUT2D eigenvalue weighted by molar-refractivity contribution is -0.143. The van der Waals surface area contributed by atoms with Crippen LogP contribution in [0, 0.1) is 0 Å². The Hall–Kier alpha value is -3.64. The normalized spacial score (nSPS) is 17.9. The SMILES string of the molecule is CC[C@@H]1C[C@H](Nc2ncc(O)cc2Cc2cc(C(F)(F)F)cc(C(F)(F)F)c2)c2cc(C(F)(F)F)ccc2N1. The molecule has 2 atom stereocenters. The summed E-state index contributed by atoms with van der Waals surface area (Å²) in [6, 6.07) is 4.66. The van der Waals surface area contributed by atoms with E-state index in [4.69, 9.17) is 0 Å². The molecule has 2 heterocycles. The first-order valence-corrected chi connectivity index (χ1v) is 11.7. The van der Waals surface area contributed by atoms with Gasteiger partial charge in [0.05, 0.1) is 28.9 Å². The van der Waals surface area contributed by atoms with Crippen molar-refractivity contribution < 1.29 is 44.6 Å². The van der Waals surface area contributed by atoms with Crippen LogP contribution in [0.3, 0.4) is 0 Å². The number of aromatic nitrogens is 1. The average molecular weight is 563 g/mol. The van der Waals surface area contributed by atoms with E-state index in [1.54, 1.807) is 0 Å². The van der Waals surface area contributed by atoms with Crippen LogP contribution in [0.25, 0.3) is 0 Å². The molecule has 0 fully saturated rings. The molecule has 1 aromatic heterocycles. The first-order chi connectivity index (χ1) is 18.0. The number of hydrogen-bond donors (Lipinski definition) is 3. The molecule has 0 saturated carbocycles. The summed E-state index contributed by atoms with van der Waals surface area (Å²) in [7, 11) is 0. The number of fused-ring (bicyclic) bond motifs is 1. The van der Waals surface area contributed by atoms with Gasteiger partial charge in [-0.05, 0) is 66.4 Å². The Bertz CT molecular complexity index is 1320. The van der Waals surface area contributed by atoms with Gasteiger partial charge in [-0.15, -0.1) is 0 Å². The number of aromatic hydroxyl groups is 1. The molecule has 3 N–H and O–H groups in total. The van der Waals surface area contributed by atoms with E-state index in [0.29, 0.717) is 30.7 Å². The zero-order chi connectivity index (χ0) is 28.8. The number of halogens is 9. The molecule has 0 saturated heterocycles. The molecule has 210 valence electrons. The number of alkyl halides is 9. The monoisotopic (exact) mass is 563 g/mol. The summed E-state index contributed by atoms with van der Waals surface area (Å²) in [5, 5.41) is 16.1. The fraction of sp³-hybridized carbons (Fsp3) is 0.346. The summed E-state index contributed by atoms with van der Waals surface area (Å²) in [5.41, 5.74) is -3.43. The van der Waals surface area contributed by atoms with Gasteiger partial charge in [-0.3, -0.25) is 0 Å². The van der Waals surface area contributed by atoms with Crippen molar-refractivity contribution in [1.82, 2.24) is 4.98 Å². The van der Waals surface area contributed by atoms with Crippen LogP contribution in [0.1, 0.15) is 59.2 Å². The number of pyridine rings is 1. The van der Waals surface area contributed by atoms with Gasteiger partial charge in [0.1, 0.15) is 11.6 Å². The lowest BCUT2D eigenvalue weighted by Gasteiger charge is -2.34. The molecule has 4 rings (SSSR count). The molecule has 39 heavy (non-hydrogen) atoms. The summed E-state index contributed by atoms with van der Waals surface area (Å²) in [6.45, 7) is 1.87. The largest absolute Gasteiger partial charge is 0.506 e. The summed E-state index contributed by atoms with van der Waals surface area (Å²) in [4.78, 5) is 4.06. The van der Waals surface area contributed by atoms with Gasteiger partial charge in [-0.1, -0.05) is 6.92 Å². The fourth-order valence-electron chi connectivity index (χ4n) is 4.52. The van der Waals surface area contributed by atoms with E-state index in [0.717, 1.165) is 24.4 Å². The quantitative estimate of drug-likeness (QED) is 0.274. The second kappa shape index (κ2) is 10.2. The van der Waals surface area contributed by atoms with Crippen LogP contribution in [0.5, 0.6) is 5.75 Å². The Morgan fingerprint density at radius 3 is 2.05 bits per heavy atom. The van der Waals surface area contributed by atoms with Crippen LogP contribution in [-0.4, -0.2) is 16.1 Å². The topological polar surface area (TPSA) is 57.2 Å². The highest BCUT2D eigenvalue weighted by atomic mass is 19.4. The van der Waals surface area contributed by atoms with Gasteiger partial charge in [0.2, 0.25) is 0 Å². The number of nitrogens with one attached hydrogen (secondary N) is 2. The molecular formula is C26H22F9N3O. The van der Waals surface area contributed by atoms with Crippen LogP contribution in [0.4, 0.5) is 51.0 Å². The summed E-state index contributed by atoms with van der Waals surface area (Å²) in [5.74, 6) is -0.390. The molecule has 3 aromatic rings. The lowest BCUT2D eigenvalue weighted by Crippen LogP contribution is -2.31. The highest BCUT2D eigenvalue weighted by Crippen LogP contribution is 2.41. The molecule has 0 radical (unpaired) electrons. The summed E-state index contributed by atoms with van der Waals surface area (Å²) in [6.07, 6.45) is -13.2. The third-order valence-corrected chi connectivity index (χ3v) is 6.43. The van der Waals surface area contributed by atoms with E-state index in [1.807, 2.05) is 6.92 Å². The van der Waals surface area contributed by atoms with Crippen molar-refractivity contribution in [3.8, 4) is 5.75 Å². The molecule has 4 nitrogen and oxygen atoms in total. The van der Waals surface area contributed by atoms with E-state index in [1.165, 1.54) is 6.07 Å². The second-order valence-electron chi connectivity index (χ2n) is 9.27. The summed E-state index contributed by atoms with van der Waals surface area (Å²) >= 11 is 0. The van der Waals surface area contributed by atoms with E-state index in [-0.39, 0.29) is 34.6 Å². The first-order valence-electron chi connectivity index (χ1n) is 11.7. The molecule has 1 aliphatic rings. The van der Waals surface area contributed by atoms with E-state index < -0.39 is 53.4 Å². The van der Waals surface area contributed by atoms with Crippen molar-refractivity contribution in [1.29, 1.82) is 0 Å². The molecule has 13 heteroatoms. The van der Waals surface area contributed by atoms with Crippen LogP contribution in [-0.2, 0) is 24.9 Å². The highest BCUT2D eigenvalue weighted by molar-refractivity contribution is 5.61. The minimum absolute atomic E-state index is 0.00360. The van der Waals surface area contributed by atoms with Crippen molar-refractivity contribution in [2.24, 2.45) is 0 Å². The van der Waals surface area contributed by atoms with Gasteiger partial charge in [-0.25, -0.2) is 4.98 Å². The van der Waals surface area contributed by atoms with Gasteiger partial charge < -0.3 is 15.7 Å². The van der Waals surface area contributed by atoms with Gasteiger partial charge in [0.25, 0.3) is 0 Å². The predicted octanol–water partition coefficient (Wildman–Crippen LogP) is 8.18. The van der Waals surface area contributed by atoms with E-state index >= 15 is 0 Å². The van der Waals surface area contributed by atoms with Crippen LogP contribution < -0.4 is 10.6 Å². The minimum atomic E-state index is -5.04. The maximum atomic E-state index is 13.4. The molecule has 0 aliphatic carbocycles. The van der Waals surface area contributed by atoms with Crippen molar-refractivity contribution in [3.63, 3.8) is 0 Å². The smallest absolute Gasteiger partial charge is 0.416 e. The third-order valence-electron chi connectivity index (χ3n) is 6.43. The van der Waals surface area contributed by atoms with Crippen molar-refractivity contribution >= 4 is 11.5 Å².